The second kappa shape index (κ2) is 7.33. The highest BCUT2D eigenvalue weighted by Gasteiger charge is 2.11. The van der Waals surface area contributed by atoms with Gasteiger partial charge in [-0.05, 0) is 46.3 Å². The van der Waals surface area contributed by atoms with Crippen LogP contribution in [0.25, 0.3) is 10.6 Å². The van der Waals surface area contributed by atoms with Crippen molar-refractivity contribution in [1.82, 2.24) is 9.97 Å². The predicted molar refractivity (Wildman–Crippen MR) is 99.5 cm³/mol. The van der Waals surface area contributed by atoms with Crippen molar-refractivity contribution >= 4 is 54.8 Å². The van der Waals surface area contributed by atoms with Crippen LogP contribution >= 0.6 is 43.2 Å². The highest BCUT2D eigenvalue weighted by molar-refractivity contribution is 9.11. The van der Waals surface area contributed by atoms with Gasteiger partial charge in [-0.15, -0.1) is 11.3 Å². The first-order valence-electron chi connectivity index (χ1n) is 6.71. The summed E-state index contributed by atoms with van der Waals surface area (Å²) >= 11 is 8.33. The van der Waals surface area contributed by atoms with E-state index in [0.29, 0.717) is 0 Å². The Kier molecular flexibility index (Phi) is 5.20. The number of nitrogens with zero attached hydrogens (tertiary/aromatic N) is 2. The number of hydrogen-bond donors (Lipinski definition) is 1. The third-order valence-electron chi connectivity index (χ3n) is 3.00. The topological polar surface area (TPSA) is 54.9 Å². The number of aromatic nitrogens is 2. The zero-order chi connectivity index (χ0) is 16.2. The van der Waals surface area contributed by atoms with Crippen LogP contribution in [0, 0.1) is 0 Å². The molecule has 1 N–H and O–H groups in total. The van der Waals surface area contributed by atoms with Crippen molar-refractivity contribution in [2.45, 2.75) is 6.42 Å². The Labute approximate surface area is 154 Å². The summed E-state index contributed by atoms with van der Waals surface area (Å²) in [6, 6.07) is 9.45. The standard InChI is InChI=1S/C16H11Br2N3OS/c17-11-3-4-13(18)14(6-11)21-15(22)7-12-9-23-16(20-12)10-2-1-5-19-8-10/h1-6,8-9H,7H2,(H,21,22). The highest BCUT2D eigenvalue weighted by Crippen LogP contribution is 2.27. The Morgan fingerprint density at radius 2 is 2.13 bits per heavy atom. The van der Waals surface area contributed by atoms with Crippen molar-refractivity contribution in [3.63, 3.8) is 0 Å². The van der Waals surface area contributed by atoms with Gasteiger partial charge in [0.25, 0.3) is 0 Å². The molecule has 7 heteroatoms. The van der Waals surface area contributed by atoms with Crippen molar-refractivity contribution in [2.24, 2.45) is 0 Å². The summed E-state index contributed by atoms with van der Waals surface area (Å²) in [7, 11) is 0. The molecular weight excluding hydrogens is 442 g/mol. The molecule has 3 aromatic rings. The average Bonchev–Trinajstić information content (AvgIpc) is 3.00. The molecule has 23 heavy (non-hydrogen) atoms. The monoisotopic (exact) mass is 451 g/mol. The van der Waals surface area contributed by atoms with Gasteiger partial charge in [-0.3, -0.25) is 9.78 Å². The fourth-order valence-corrected chi connectivity index (χ4v) is 3.48. The van der Waals surface area contributed by atoms with Gasteiger partial charge in [0.1, 0.15) is 5.01 Å². The largest absolute Gasteiger partial charge is 0.325 e. The Balaban J connectivity index is 1.69. The number of benzene rings is 1. The van der Waals surface area contributed by atoms with Crippen LogP contribution in [0.5, 0.6) is 0 Å². The Morgan fingerprint density at radius 3 is 2.91 bits per heavy atom. The number of hydrogen-bond acceptors (Lipinski definition) is 4. The normalized spacial score (nSPS) is 10.5. The summed E-state index contributed by atoms with van der Waals surface area (Å²) in [4.78, 5) is 20.8. The lowest BCUT2D eigenvalue weighted by Gasteiger charge is -2.07. The molecule has 0 aliphatic rings. The number of pyridine rings is 1. The average molecular weight is 453 g/mol. The van der Waals surface area contributed by atoms with E-state index in [4.69, 9.17) is 0 Å². The van der Waals surface area contributed by atoms with Crippen LogP contribution in [-0.2, 0) is 11.2 Å². The van der Waals surface area contributed by atoms with E-state index in [2.05, 4.69) is 47.1 Å². The van der Waals surface area contributed by atoms with Gasteiger partial charge in [0, 0.05) is 32.3 Å². The highest BCUT2D eigenvalue weighted by atomic mass is 79.9. The number of rotatable bonds is 4. The van der Waals surface area contributed by atoms with E-state index in [0.717, 1.165) is 30.9 Å². The van der Waals surface area contributed by atoms with Crippen LogP contribution in [0.1, 0.15) is 5.69 Å². The first kappa shape index (κ1) is 16.3. The van der Waals surface area contributed by atoms with Gasteiger partial charge in [0.05, 0.1) is 17.8 Å². The molecule has 116 valence electrons. The van der Waals surface area contributed by atoms with E-state index in [1.165, 1.54) is 11.3 Å². The van der Waals surface area contributed by atoms with Crippen LogP contribution < -0.4 is 5.32 Å². The molecule has 0 saturated carbocycles. The summed E-state index contributed by atoms with van der Waals surface area (Å²) in [6.45, 7) is 0. The lowest BCUT2D eigenvalue weighted by atomic mass is 10.2. The molecule has 4 nitrogen and oxygen atoms in total. The molecule has 0 bridgehead atoms. The summed E-state index contributed by atoms with van der Waals surface area (Å²) in [6.07, 6.45) is 3.72. The molecule has 3 rings (SSSR count). The fraction of sp³-hybridized carbons (Fsp3) is 0.0625. The van der Waals surface area contributed by atoms with Crippen molar-refractivity contribution in [2.75, 3.05) is 5.32 Å². The van der Waals surface area contributed by atoms with Crippen molar-refractivity contribution in [3.8, 4) is 10.6 Å². The molecule has 0 spiro atoms. The Morgan fingerprint density at radius 1 is 1.26 bits per heavy atom. The maximum Gasteiger partial charge on any atom is 0.230 e. The molecule has 0 aliphatic heterocycles. The number of halogens is 2. The quantitative estimate of drug-likeness (QED) is 0.611. The number of carbonyl (C=O) groups excluding carboxylic acids is 1. The summed E-state index contributed by atoms with van der Waals surface area (Å²) in [5.74, 6) is -0.105. The molecule has 0 aliphatic carbocycles. The lowest BCUT2D eigenvalue weighted by Crippen LogP contribution is -2.15. The van der Waals surface area contributed by atoms with E-state index in [1.807, 2.05) is 35.7 Å². The van der Waals surface area contributed by atoms with Gasteiger partial charge in [-0.2, -0.15) is 0 Å². The predicted octanol–water partition coefficient (Wildman–Crippen LogP) is 4.91. The smallest absolute Gasteiger partial charge is 0.230 e. The van der Waals surface area contributed by atoms with Crippen LogP contribution in [0.15, 0.2) is 57.1 Å². The number of nitrogens with one attached hydrogen (secondary N) is 1. The third kappa shape index (κ3) is 4.25. The zero-order valence-electron chi connectivity index (χ0n) is 11.8. The van der Waals surface area contributed by atoms with Gasteiger partial charge in [0.15, 0.2) is 0 Å². The minimum absolute atomic E-state index is 0.105. The molecule has 1 aromatic carbocycles. The number of amides is 1. The number of anilines is 1. The van der Waals surface area contributed by atoms with Gasteiger partial charge in [0.2, 0.25) is 5.91 Å². The summed E-state index contributed by atoms with van der Waals surface area (Å²) in [5.41, 5.74) is 2.43. The molecule has 0 fully saturated rings. The molecule has 0 unspecified atom stereocenters. The van der Waals surface area contributed by atoms with E-state index in [-0.39, 0.29) is 12.3 Å². The van der Waals surface area contributed by atoms with Crippen LogP contribution in [0.3, 0.4) is 0 Å². The van der Waals surface area contributed by atoms with Crippen molar-refractivity contribution in [1.29, 1.82) is 0 Å². The second-order valence-electron chi connectivity index (χ2n) is 4.73. The zero-order valence-corrected chi connectivity index (χ0v) is 15.8. The van der Waals surface area contributed by atoms with Crippen molar-refractivity contribution < 1.29 is 4.79 Å². The van der Waals surface area contributed by atoms with E-state index in [1.54, 1.807) is 12.4 Å². The molecule has 1 amide bonds. The third-order valence-corrected chi connectivity index (χ3v) is 5.13. The molecule has 0 atom stereocenters. The second-order valence-corrected chi connectivity index (χ2v) is 7.36. The fourth-order valence-electron chi connectivity index (χ4n) is 1.96. The van der Waals surface area contributed by atoms with E-state index < -0.39 is 0 Å². The minimum atomic E-state index is -0.105. The molecule has 0 saturated heterocycles. The maximum atomic E-state index is 12.2. The Hall–Kier alpha value is -1.57. The number of thiazole rings is 1. The summed E-state index contributed by atoms with van der Waals surface area (Å²) < 4.78 is 1.74. The Bertz CT molecular complexity index is 836. The first-order chi connectivity index (χ1) is 11.1. The molecule has 0 radical (unpaired) electrons. The van der Waals surface area contributed by atoms with E-state index in [9.17, 15) is 4.79 Å². The molecule has 2 aromatic heterocycles. The van der Waals surface area contributed by atoms with Gasteiger partial charge >= 0.3 is 0 Å². The SMILES string of the molecule is O=C(Cc1csc(-c2cccnc2)n1)Nc1cc(Br)ccc1Br. The molecular formula is C16H11Br2N3OS. The van der Waals surface area contributed by atoms with Crippen LogP contribution in [-0.4, -0.2) is 15.9 Å². The lowest BCUT2D eigenvalue weighted by molar-refractivity contribution is -0.115. The van der Waals surface area contributed by atoms with Crippen LogP contribution in [0.4, 0.5) is 5.69 Å². The summed E-state index contributed by atoms with van der Waals surface area (Å²) in [5, 5.41) is 5.65. The minimum Gasteiger partial charge on any atom is -0.325 e. The van der Waals surface area contributed by atoms with Gasteiger partial charge in [-0.25, -0.2) is 4.98 Å². The number of carbonyl (C=O) groups is 1. The van der Waals surface area contributed by atoms with Gasteiger partial charge < -0.3 is 5.32 Å². The molecule has 2 heterocycles. The maximum absolute atomic E-state index is 12.2. The van der Waals surface area contributed by atoms with Crippen LogP contribution in [0.2, 0.25) is 0 Å². The van der Waals surface area contributed by atoms with E-state index >= 15 is 0 Å². The first-order valence-corrected chi connectivity index (χ1v) is 9.18. The van der Waals surface area contributed by atoms with Crippen molar-refractivity contribution in [3.05, 3.63) is 62.7 Å². The van der Waals surface area contributed by atoms with Gasteiger partial charge in [-0.1, -0.05) is 15.9 Å².